The van der Waals surface area contributed by atoms with Gasteiger partial charge in [-0.1, -0.05) is 42.5 Å². The van der Waals surface area contributed by atoms with Crippen molar-refractivity contribution in [3.63, 3.8) is 0 Å². The predicted octanol–water partition coefficient (Wildman–Crippen LogP) is 2.94. The van der Waals surface area contributed by atoms with Crippen molar-refractivity contribution >= 4 is 39.2 Å². The topological polar surface area (TPSA) is 144 Å². The minimum absolute atomic E-state index is 0.175. The molecule has 1 aromatic heterocycles. The van der Waals surface area contributed by atoms with E-state index in [2.05, 4.69) is 10.3 Å². The second-order valence-electron chi connectivity index (χ2n) is 7.91. The molecule has 36 heavy (non-hydrogen) atoms. The molecule has 2 atom stereocenters. The van der Waals surface area contributed by atoms with Crippen LogP contribution >= 0.6 is 11.3 Å². The molecular formula is C24H27N3O7S2. The van der Waals surface area contributed by atoms with Crippen LogP contribution in [0, 0.1) is 5.92 Å². The molecule has 3 N–H and O–H groups in total. The molecule has 0 aliphatic carbocycles. The van der Waals surface area contributed by atoms with Gasteiger partial charge in [0.15, 0.2) is 0 Å². The van der Waals surface area contributed by atoms with Gasteiger partial charge >= 0.3 is 16.3 Å². The van der Waals surface area contributed by atoms with Gasteiger partial charge in [-0.3, -0.25) is 18.9 Å². The third-order valence-electron chi connectivity index (χ3n) is 5.20. The van der Waals surface area contributed by atoms with Gasteiger partial charge in [0.25, 0.3) is 0 Å². The Morgan fingerprint density at radius 1 is 1.03 bits per heavy atom. The average Bonchev–Trinajstić information content (AvgIpc) is 3.31. The van der Waals surface area contributed by atoms with Gasteiger partial charge in [-0.15, -0.1) is 11.3 Å². The summed E-state index contributed by atoms with van der Waals surface area (Å²) in [4.78, 5) is 30.3. The van der Waals surface area contributed by atoms with Crippen molar-refractivity contribution in [1.29, 1.82) is 0 Å². The van der Waals surface area contributed by atoms with Gasteiger partial charge in [-0.25, -0.2) is 4.98 Å². The molecule has 0 radical (unpaired) electrons. The summed E-state index contributed by atoms with van der Waals surface area (Å²) in [6, 6.07) is 14.9. The molecule has 12 heteroatoms. The van der Waals surface area contributed by atoms with Crippen LogP contribution in [-0.2, 0) is 48.8 Å². The molecule has 0 saturated carbocycles. The van der Waals surface area contributed by atoms with Gasteiger partial charge in [-0.2, -0.15) is 8.42 Å². The number of thiazole rings is 1. The fourth-order valence-corrected chi connectivity index (χ4v) is 4.83. The lowest BCUT2D eigenvalue weighted by molar-refractivity contribution is -0.150. The van der Waals surface area contributed by atoms with Crippen LogP contribution in [0.5, 0.6) is 0 Å². The Kier molecular flexibility index (Phi) is 9.53. The van der Waals surface area contributed by atoms with E-state index in [-0.39, 0.29) is 12.1 Å². The number of carbonyl (C=O) groups is 2. The monoisotopic (exact) mass is 533 g/mol. The van der Waals surface area contributed by atoms with E-state index in [4.69, 9.17) is 14.0 Å². The molecule has 0 bridgehead atoms. The number of rotatable bonds is 12. The third-order valence-corrected chi connectivity index (χ3v) is 6.70. The van der Waals surface area contributed by atoms with Crippen molar-refractivity contribution in [3.05, 3.63) is 81.8 Å². The number of benzene rings is 2. The van der Waals surface area contributed by atoms with Gasteiger partial charge in [-0.05, 0) is 36.1 Å². The minimum atomic E-state index is -4.39. The van der Waals surface area contributed by atoms with Crippen LogP contribution in [-0.4, -0.2) is 44.1 Å². The van der Waals surface area contributed by atoms with Crippen molar-refractivity contribution in [2.45, 2.75) is 25.5 Å². The van der Waals surface area contributed by atoms with E-state index in [0.29, 0.717) is 23.7 Å². The number of amides is 1. The van der Waals surface area contributed by atoms with E-state index in [1.54, 1.807) is 19.2 Å². The molecule has 0 fully saturated rings. The maximum absolute atomic E-state index is 13.3. The van der Waals surface area contributed by atoms with E-state index in [1.807, 2.05) is 40.4 Å². The lowest BCUT2D eigenvalue weighted by atomic mass is 9.97. The standard InChI is InChI=1S/C24H27N3O7S2/c1-33-14-19-15-35-23(25-19)21(13-17-8-10-18(11-9-17)27-36(30,31)32)26-22(28)20(24(29)34-2)12-16-6-4-3-5-7-16/h3-11,15,20-21,27H,12-14H2,1-2H3,(H,26,28)(H,30,31,32)/t20-,21-/m0/s1. The maximum Gasteiger partial charge on any atom is 0.357 e. The van der Waals surface area contributed by atoms with Crippen LogP contribution in [0.25, 0.3) is 0 Å². The number of nitrogens with zero attached hydrogens (tertiary/aromatic N) is 1. The molecule has 1 heterocycles. The third kappa shape index (κ3) is 8.12. The number of aromatic nitrogens is 1. The zero-order valence-electron chi connectivity index (χ0n) is 19.7. The fraction of sp³-hybridized carbons (Fsp3) is 0.292. The number of esters is 1. The number of ether oxygens (including phenoxy) is 2. The first-order chi connectivity index (χ1) is 17.2. The Morgan fingerprint density at radius 3 is 2.31 bits per heavy atom. The molecule has 3 rings (SSSR count). The summed E-state index contributed by atoms with van der Waals surface area (Å²) in [7, 11) is -1.59. The highest BCUT2D eigenvalue weighted by atomic mass is 32.2. The highest BCUT2D eigenvalue weighted by Crippen LogP contribution is 2.25. The zero-order valence-corrected chi connectivity index (χ0v) is 21.3. The van der Waals surface area contributed by atoms with Crippen LogP contribution in [0.1, 0.15) is 27.9 Å². The first-order valence-corrected chi connectivity index (χ1v) is 13.2. The Morgan fingerprint density at radius 2 is 1.69 bits per heavy atom. The van der Waals surface area contributed by atoms with Gasteiger partial charge < -0.3 is 14.8 Å². The lowest BCUT2D eigenvalue weighted by Crippen LogP contribution is -2.40. The number of anilines is 1. The Balaban J connectivity index is 1.84. The normalized spacial score (nSPS) is 13.0. The first kappa shape index (κ1) is 27.3. The lowest BCUT2D eigenvalue weighted by Gasteiger charge is -2.21. The SMILES string of the molecule is COCc1csc([C@H](Cc2ccc(NS(=O)(=O)O)cc2)NC(=O)[C@H](Cc2ccccc2)C(=O)OC)n1. The largest absolute Gasteiger partial charge is 0.468 e. The highest BCUT2D eigenvalue weighted by molar-refractivity contribution is 7.87. The molecule has 1 amide bonds. The maximum atomic E-state index is 13.3. The van der Waals surface area contributed by atoms with Crippen molar-refractivity contribution in [1.82, 2.24) is 10.3 Å². The molecule has 10 nitrogen and oxygen atoms in total. The van der Waals surface area contributed by atoms with Crippen LogP contribution in [0.15, 0.2) is 60.0 Å². The van der Waals surface area contributed by atoms with Crippen molar-refractivity contribution in [3.8, 4) is 0 Å². The summed E-state index contributed by atoms with van der Waals surface area (Å²) in [6.07, 6.45) is 0.492. The van der Waals surface area contributed by atoms with Gasteiger partial charge in [0.2, 0.25) is 5.91 Å². The van der Waals surface area contributed by atoms with Crippen molar-refractivity contribution in [2.24, 2.45) is 5.92 Å². The van der Waals surface area contributed by atoms with E-state index >= 15 is 0 Å². The van der Waals surface area contributed by atoms with E-state index in [9.17, 15) is 18.0 Å². The van der Waals surface area contributed by atoms with Gasteiger partial charge in [0.05, 0.1) is 31.1 Å². The Labute approximate surface area is 213 Å². The summed E-state index contributed by atoms with van der Waals surface area (Å²) >= 11 is 1.35. The molecule has 0 saturated heterocycles. The fourth-order valence-electron chi connectivity index (χ4n) is 3.54. The van der Waals surface area contributed by atoms with E-state index in [0.717, 1.165) is 11.1 Å². The highest BCUT2D eigenvalue weighted by Gasteiger charge is 2.31. The Hall–Kier alpha value is -3.32. The average molecular weight is 534 g/mol. The predicted molar refractivity (Wildman–Crippen MR) is 135 cm³/mol. The van der Waals surface area contributed by atoms with E-state index in [1.165, 1.54) is 30.6 Å². The van der Waals surface area contributed by atoms with Crippen molar-refractivity contribution in [2.75, 3.05) is 18.9 Å². The number of methoxy groups -OCH3 is 2. The van der Waals surface area contributed by atoms with E-state index < -0.39 is 34.1 Å². The number of hydrogen-bond donors (Lipinski definition) is 3. The zero-order chi connectivity index (χ0) is 26.1. The quantitative estimate of drug-likeness (QED) is 0.183. The second-order valence-corrected chi connectivity index (χ2v) is 9.96. The van der Waals surface area contributed by atoms with Crippen LogP contribution in [0.2, 0.25) is 0 Å². The smallest absolute Gasteiger partial charge is 0.357 e. The second kappa shape index (κ2) is 12.6. The number of hydrogen-bond acceptors (Lipinski definition) is 8. The molecule has 0 aliphatic rings. The Bertz CT molecular complexity index is 1260. The summed E-state index contributed by atoms with van der Waals surface area (Å²) in [6.45, 7) is 0.311. The van der Waals surface area contributed by atoms with Gasteiger partial charge in [0.1, 0.15) is 10.9 Å². The number of carbonyl (C=O) groups excluding carboxylic acids is 2. The first-order valence-electron chi connectivity index (χ1n) is 10.9. The van der Waals surface area contributed by atoms with Gasteiger partial charge in [0, 0.05) is 12.5 Å². The summed E-state index contributed by atoms with van der Waals surface area (Å²) in [5, 5.41) is 5.40. The van der Waals surface area contributed by atoms with Crippen LogP contribution < -0.4 is 10.0 Å². The molecule has 0 spiro atoms. The summed E-state index contributed by atoms with van der Waals surface area (Å²) in [5.41, 5.74) is 2.48. The molecule has 0 aliphatic heterocycles. The number of nitrogens with one attached hydrogen (secondary N) is 2. The van der Waals surface area contributed by atoms with Crippen LogP contribution in [0.4, 0.5) is 5.69 Å². The molecular weight excluding hydrogens is 506 g/mol. The van der Waals surface area contributed by atoms with Crippen LogP contribution in [0.3, 0.4) is 0 Å². The molecule has 3 aromatic rings. The molecule has 0 unspecified atom stereocenters. The summed E-state index contributed by atoms with van der Waals surface area (Å²) < 4.78 is 43.1. The minimum Gasteiger partial charge on any atom is -0.468 e. The molecule has 2 aromatic carbocycles. The summed E-state index contributed by atoms with van der Waals surface area (Å²) in [5.74, 6) is -2.20. The molecule has 192 valence electrons. The van der Waals surface area contributed by atoms with Crippen molar-refractivity contribution < 1.29 is 32.0 Å².